The van der Waals surface area contributed by atoms with Crippen LogP contribution in [0.25, 0.3) is 16.8 Å². The Balaban J connectivity index is 2.40. The molecule has 0 unspecified atom stereocenters. The molecule has 0 radical (unpaired) electrons. The summed E-state index contributed by atoms with van der Waals surface area (Å²) in [6.45, 7) is 0. The molecule has 0 aliphatic rings. The number of halogens is 1. The number of hydrogen-bond donors (Lipinski definition) is 0. The molecule has 0 fully saturated rings. The number of pyridine rings is 1. The number of nitriles is 1. The molecule has 0 atom stereocenters. The molecule has 0 saturated carbocycles. The highest BCUT2D eigenvalue weighted by molar-refractivity contribution is 9.10. The highest BCUT2D eigenvalue weighted by atomic mass is 79.9. The van der Waals surface area contributed by atoms with Gasteiger partial charge in [0, 0.05) is 24.3 Å². The Kier molecular flexibility index (Phi) is 2.46. The van der Waals surface area contributed by atoms with E-state index in [1.165, 1.54) is 0 Å². The number of nitrogens with zero attached hydrogens (tertiary/aromatic N) is 4. The third-order valence-electron chi connectivity index (χ3n) is 2.93. The highest BCUT2D eigenvalue weighted by Gasteiger charge is 2.17. The lowest BCUT2D eigenvalue weighted by Gasteiger charge is -2.01. The molecule has 3 heterocycles. The molecule has 0 aromatic carbocycles. The number of hydrogen-bond acceptors (Lipinski definition) is 2. The molecule has 0 aliphatic carbocycles. The first-order valence-electron chi connectivity index (χ1n) is 5.40. The molecule has 4 nitrogen and oxygen atoms in total. The van der Waals surface area contributed by atoms with E-state index in [4.69, 9.17) is 0 Å². The Morgan fingerprint density at radius 1 is 1.39 bits per heavy atom. The lowest BCUT2D eigenvalue weighted by Crippen LogP contribution is -1.95. The van der Waals surface area contributed by atoms with Gasteiger partial charge in [-0.25, -0.2) is 0 Å². The molecular weight excluding hydrogens is 292 g/mol. The zero-order valence-corrected chi connectivity index (χ0v) is 11.2. The Bertz CT molecular complexity index is 756. The molecule has 88 valence electrons. The maximum Gasteiger partial charge on any atom is 0.134 e. The molecule has 18 heavy (non-hydrogen) atoms. The second-order valence-electron chi connectivity index (χ2n) is 3.98. The summed E-state index contributed by atoms with van der Waals surface area (Å²) >= 11 is 3.47. The van der Waals surface area contributed by atoms with Crippen molar-refractivity contribution in [2.75, 3.05) is 0 Å². The van der Waals surface area contributed by atoms with Crippen molar-refractivity contribution in [1.82, 2.24) is 14.2 Å². The fraction of sp³-hybridized carbons (Fsp3) is 0.0769. The maximum atomic E-state index is 9.37. The first kappa shape index (κ1) is 11.1. The highest BCUT2D eigenvalue weighted by Crippen LogP contribution is 2.32. The first-order valence-corrected chi connectivity index (χ1v) is 6.19. The second kappa shape index (κ2) is 4.00. The van der Waals surface area contributed by atoms with E-state index >= 15 is 0 Å². The van der Waals surface area contributed by atoms with Gasteiger partial charge in [-0.2, -0.15) is 10.4 Å². The summed E-state index contributed by atoms with van der Waals surface area (Å²) in [5.74, 6) is 0. The molecule has 0 amide bonds. The Morgan fingerprint density at radius 3 is 2.89 bits per heavy atom. The number of fused-ring (bicyclic) bond motifs is 1. The number of rotatable bonds is 1. The van der Waals surface area contributed by atoms with Crippen LogP contribution in [0.3, 0.4) is 0 Å². The van der Waals surface area contributed by atoms with Crippen molar-refractivity contribution in [3.8, 4) is 17.3 Å². The zero-order valence-electron chi connectivity index (χ0n) is 9.63. The molecule has 3 rings (SSSR count). The normalized spacial score (nSPS) is 10.7. The maximum absolute atomic E-state index is 9.37. The lowest BCUT2D eigenvalue weighted by molar-refractivity contribution is 0.775. The third-order valence-corrected chi connectivity index (χ3v) is 3.52. The van der Waals surface area contributed by atoms with Crippen molar-refractivity contribution in [2.24, 2.45) is 7.05 Å². The molecular formula is C13H9BrN4. The van der Waals surface area contributed by atoms with Crippen LogP contribution >= 0.6 is 15.9 Å². The van der Waals surface area contributed by atoms with Gasteiger partial charge in [0.25, 0.3) is 0 Å². The van der Waals surface area contributed by atoms with Gasteiger partial charge in [0.15, 0.2) is 0 Å². The largest absolute Gasteiger partial charge is 0.308 e. The molecule has 5 heteroatoms. The van der Waals surface area contributed by atoms with Crippen LogP contribution in [-0.4, -0.2) is 14.2 Å². The first-order chi connectivity index (χ1) is 8.72. The number of aromatic nitrogens is 3. The van der Waals surface area contributed by atoms with Crippen molar-refractivity contribution >= 4 is 21.4 Å². The van der Waals surface area contributed by atoms with Crippen LogP contribution in [-0.2, 0) is 7.05 Å². The second-order valence-corrected chi connectivity index (χ2v) is 4.83. The summed E-state index contributed by atoms with van der Waals surface area (Å²) in [5.41, 5.74) is 3.41. The van der Waals surface area contributed by atoms with E-state index in [0.29, 0.717) is 5.69 Å². The van der Waals surface area contributed by atoms with Crippen molar-refractivity contribution in [3.05, 3.63) is 46.8 Å². The Hall–Kier alpha value is -2.06. The SMILES string of the molecule is Cn1ncc(Br)c1-c1cc2ccccn2c1C#N. The molecule has 0 N–H and O–H groups in total. The van der Waals surface area contributed by atoms with Gasteiger partial charge in [0.1, 0.15) is 11.8 Å². The van der Waals surface area contributed by atoms with E-state index in [0.717, 1.165) is 21.2 Å². The van der Waals surface area contributed by atoms with Crippen LogP contribution in [0.2, 0.25) is 0 Å². The Labute approximate surface area is 112 Å². The topological polar surface area (TPSA) is 46.0 Å². The van der Waals surface area contributed by atoms with Crippen molar-refractivity contribution in [3.63, 3.8) is 0 Å². The molecule has 0 aliphatic heterocycles. The van der Waals surface area contributed by atoms with E-state index in [1.54, 1.807) is 10.9 Å². The predicted molar refractivity (Wildman–Crippen MR) is 72.0 cm³/mol. The van der Waals surface area contributed by atoms with E-state index in [1.807, 2.05) is 41.9 Å². The van der Waals surface area contributed by atoms with E-state index < -0.39 is 0 Å². The Morgan fingerprint density at radius 2 is 2.22 bits per heavy atom. The van der Waals surface area contributed by atoms with Crippen LogP contribution in [0.15, 0.2) is 41.1 Å². The fourth-order valence-corrected chi connectivity index (χ4v) is 2.69. The third kappa shape index (κ3) is 1.46. The molecule has 0 bridgehead atoms. The van der Waals surface area contributed by atoms with Crippen molar-refractivity contribution in [2.45, 2.75) is 0 Å². The summed E-state index contributed by atoms with van der Waals surface area (Å²) in [4.78, 5) is 0. The van der Waals surface area contributed by atoms with E-state index in [2.05, 4.69) is 27.1 Å². The van der Waals surface area contributed by atoms with Gasteiger partial charge < -0.3 is 4.40 Å². The van der Waals surface area contributed by atoms with Gasteiger partial charge in [0.05, 0.1) is 16.4 Å². The minimum absolute atomic E-state index is 0.620. The minimum atomic E-state index is 0.620. The van der Waals surface area contributed by atoms with Crippen molar-refractivity contribution < 1.29 is 0 Å². The molecule has 3 aromatic heterocycles. The van der Waals surface area contributed by atoms with E-state index in [9.17, 15) is 5.26 Å². The summed E-state index contributed by atoms with van der Waals surface area (Å²) < 4.78 is 4.53. The standard InChI is InChI=1S/C13H9BrN4/c1-17-13(11(14)8-16-17)10-6-9-4-2-3-5-18(9)12(10)7-15/h2-6,8H,1H3. The molecule has 0 spiro atoms. The number of aryl methyl sites for hydroxylation is 1. The van der Waals surface area contributed by atoms with Crippen molar-refractivity contribution in [1.29, 1.82) is 5.26 Å². The van der Waals surface area contributed by atoms with Crippen LogP contribution in [0.5, 0.6) is 0 Å². The molecule has 3 aromatic rings. The van der Waals surface area contributed by atoms with Crippen LogP contribution in [0.4, 0.5) is 0 Å². The lowest BCUT2D eigenvalue weighted by atomic mass is 10.2. The van der Waals surface area contributed by atoms with Crippen LogP contribution in [0, 0.1) is 11.3 Å². The van der Waals surface area contributed by atoms with Gasteiger partial charge >= 0.3 is 0 Å². The van der Waals surface area contributed by atoms with Gasteiger partial charge in [0.2, 0.25) is 0 Å². The van der Waals surface area contributed by atoms with Gasteiger partial charge in [-0.3, -0.25) is 4.68 Å². The average molecular weight is 301 g/mol. The average Bonchev–Trinajstić information content (AvgIpc) is 2.89. The van der Waals surface area contributed by atoms with Crippen LogP contribution < -0.4 is 0 Å². The fourth-order valence-electron chi connectivity index (χ4n) is 2.13. The summed E-state index contributed by atoms with van der Waals surface area (Å²) in [6.07, 6.45) is 3.63. The van der Waals surface area contributed by atoms with Crippen LogP contribution in [0.1, 0.15) is 5.69 Å². The quantitative estimate of drug-likeness (QED) is 0.693. The smallest absolute Gasteiger partial charge is 0.134 e. The van der Waals surface area contributed by atoms with Gasteiger partial charge in [-0.15, -0.1) is 0 Å². The van der Waals surface area contributed by atoms with Gasteiger partial charge in [-0.1, -0.05) is 6.07 Å². The van der Waals surface area contributed by atoms with Gasteiger partial charge in [-0.05, 0) is 34.1 Å². The zero-order chi connectivity index (χ0) is 12.7. The summed E-state index contributed by atoms with van der Waals surface area (Å²) in [5, 5.41) is 13.6. The summed E-state index contributed by atoms with van der Waals surface area (Å²) in [7, 11) is 1.86. The molecule has 0 saturated heterocycles. The summed E-state index contributed by atoms with van der Waals surface area (Å²) in [6, 6.07) is 10.1. The van der Waals surface area contributed by atoms with E-state index in [-0.39, 0.29) is 0 Å². The predicted octanol–water partition coefficient (Wildman–Crippen LogP) is 2.97. The monoisotopic (exact) mass is 300 g/mol. The minimum Gasteiger partial charge on any atom is -0.308 e.